The van der Waals surface area contributed by atoms with E-state index in [0.29, 0.717) is 0 Å². The van der Waals surface area contributed by atoms with Gasteiger partial charge in [0.2, 0.25) is 0 Å². The highest BCUT2D eigenvalue weighted by Gasteiger charge is 2.24. The molecule has 86 valence electrons. The largest absolute Gasteiger partial charge is 0.481 e. The normalized spacial score (nSPS) is 18.5. The first-order valence-electron chi connectivity index (χ1n) is 5.46. The summed E-state index contributed by atoms with van der Waals surface area (Å²) in [6.45, 7) is 2.46. The van der Waals surface area contributed by atoms with E-state index in [9.17, 15) is 4.79 Å². The Morgan fingerprint density at radius 1 is 1.50 bits per heavy atom. The molecule has 1 fully saturated rings. The molecular formula is C11H15N3O2. The second-order valence-electron chi connectivity index (χ2n) is 4.09. The maximum atomic E-state index is 10.8. The van der Waals surface area contributed by atoms with Crippen LogP contribution >= 0.6 is 0 Å². The van der Waals surface area contributed by atoms with Crippen LogP contribution in [0.25, 0.3) is 0 Å². The summed E-state index contributed by atoms with van der Waals surface area (Å²) in [6.07, 6.45) is 4.74. The summed E-state index contributed by atoms with van der Waals surface area (Å²) in [4.78, 5) is 21.0. The van der Waals surface area contributed by atoms with E-state index in [0.717, 1.165) is 38.2 Å². The Morgan fingerprint density at radius 3 is 2.81 bits per heavy atom. The molecule has 5 nitrogen and oxygen atoms in total. The average Bonchev–Trinajstić information content (AvgIpc) is 2.31. The van der Waals surface area contributed by atoms with Crippen LogP contribution in [0.3, 0.4) is 0 Å². The molecule has 1 aromatic heterocycles. The number of nitrogens with zero attached hydrogens (tertiary/aromatic N) is 3. The third kappa shape index (κ3) is 2.76. The van der Waals surface area contributed by atoms with E-state index in [-0.39, 0.29) is 5.92 Å². The predicted molar refractivity (Wildman–Crippen MR) is 57.7 cm³/mol. The van der Waals surface area contributed by atoms with Crippen LogP contribution in [0.2, 0.25) is 0 Å². The van der Waals surface area contributed by atoms with Crippen molar-refractivity contribution < 1.29 is 9.90 Å². The van der Waals surface area contributed by atoms with Crippen LogP contribution in [-0.2, 0) is 11.3 Å². The van der Waals surface area contributed by atoms with E-state index in [1.165, 1.54) is 0 Å². The van der Waals surface area contributed by atoms with Crippen LogP contribution in [0.4, 0.5) is 0 Å². The predicted octanol–water partition coefficient (Wildman–Crippen LogP) is 0.773. The highest BCUT2D eigenvalue weighted by molar-refractivity contribution is 5.70. The van der Waals surface area contributed by atoms with E-state index in [1.807, 2.05) is 6.07 Å². The van der Waals surface area contributed by atoms with Gasteiger partial charge in [0, 0.05) is 12.7 Å². The Kier molecular flexibility index (Phi) is 3.46. The molecule has 0 aromatic carbocycles. The van der Waals surface area contributed by atoms with Crippen LogP contribution in [0.5, 0.6) is 0 Å². The Morgan fingerprint density at radius 2 is 2.25 bits per heavy atom. The summed E-state index contributed by atoms with van der Waals surface area (Å²) in [5, 5.41) is 8.88. The maximum Gasteiger partial charge on any atom is 0.306 e. The third-order valence-corrected chi connectivity index (χ3v) is 2.97. The molecule has 0 radical (unpaired) electrons. The van der Waals surface area contributed by atoms with Crippen LogP contribution < -0.4 is 0 Å². The molecule has 0 unspecified atom stereocenters. The summed E-state index contributed by atoms with van der Waals surface area (Å²) in [5.41, 5.74) is 0.990. The second-order valence-corrected chi connectivity index (χ2v) is 4.09. The molecule has 1 aromatic rings. The molecule has 0 amide bonds. The Bertz CT molecular complexity index is 348. The van der Waals surface area contributed by atoms with Crippen LogP contribution in [0.1, 0.15) is 18.5 Å². The van der Waals surface area contributed by atoms with Crippen LogP contribution in [0, 0.1) is 5.92 Å². The van der Waals surface area contributed by atoms with Crippen molar-refractivity contribution in [2.75, 3.05) is 13.1 Å². The quantitative estimate of drug-likeness (QED) is 0.816. The number of rotatable bonds is 3. The van der Waals surface area contributed by atoms with Crippen molar-refractivity contribution in [1.29, 1.82) is 0 Å². The Balaban J connectivity index is 1.84. The van der Waals surface area contributed by atoms with Crippen molar-refractivity contribution in [2.24, 2.45) is 5.92 Å². The first kappa shape index (κ1) is 11.0. The summed E-state index contributed by atoms with van der Waals surface area (Å²) >= 11 is 0. The Labute approximate surface area is 94.1 Å². The zero-order valence-corrected chi connectivity index (χ0v) is 9.04. The summed E-state index contributed by atoms with van der Waals surface area (Å²) in [5.74, 6) is -0.830. The number of carboxylic acid groups (broad SMARTS) is 1. The lowest BCUT2D eigenvalue weighted by Gasteiger charge is -2.29. The standard InChI is InChI=1S/C11H15N3O2/c15-11(16)9-2-5-14(6-3-9)7-10-1-4-12-8-13-10/h1,4,8-9H,2-3,5-7H2,(H,15,16). The minimum absolute atomic E-state index is 0.165. The van der Waals surface area contributed by atoms with Crippen molar-refractivity contribution in [3.8, 4) is 0 Å². The molecule has 0 atom stereocenters. The lowest BCUT2D eigenvalue weighted by molar-refractivity contribution is -0.143. The number of aromatic nitrogens is 2. The monoisotopic (exact) mass is 221 g/mol. The molecule has 0 aliphatic carbocycles. The molecule has 0 spiro atoms. The van der Waals surface area contributed by atoms with Gasteiger partial charge in [0.15, 0.2) is 0 Å². The second kappa shape index (κ2) is 5.03. The first-order chi connectivity index (χ1) is 7.75. The van der Waals surface area contributed by atoms with Crippen molar-refractivity contribution in [3.63, 3.8) is 0 Å². The van der Waals surface area contributed by atoms with Gasteiger partial charge in [-0.1, -0.05) is 0 Å². The number of hydrogen-bond acceptors (Lipinski definition) is 4. The van der Waals surface area contributed by atoms with Gasteiger partial charge in [0.1, 0.15) is 6.33 Å². The molecule has 1 aliphatic heterocycles. The van der Waals surface area contributed by atoms with E-state index in [1.54, 1.807) is 12.5 Å². The summed E-state index contributed by atoms with van der Waals surface area (Å²) in [6, 6.07) is 1.89. The first-order valence-corrected chi connectivity index (χ1v) is 5.46. The van der Waals surface area contributed by atoms with E-state index >= 15 is 0 Å². The summed E-state index contributed by atoms with van der Waals surface area (Å²) in [7, 11) is 0. The minimum atomic E-state index is -0.665. The fourth-order valence-corrected chi connectivity index (χ4v) is 1.98. The van der Waals surface area contributed by atoms with Gasteiger partial charge in [-0.2, -0.15) is 0 Å². The van der Waals surface area contributed by atoms with Gasteiger partial charge in [0.25, 0.3) is 0 Å². The zero-order valence-electron chi connectivity index (χ0n) is 9.04. The molecule has 0 saturated carbocycles. The smallest absolute Gasteiger partial charge is 0.306 e. The van der Waals surface area contributed by atoms with E-state index in [4.69, 9.17) is 5.11 Å². The van der Waals surface area contributed by atoms with Gasteiger partial charge in [-0.3, -0.25) is 9.69 Å². The summed E-state index contributed by atoms with van der Waals surface area (Å²) < 4.78 is 0. The van der Waals surface area contributed by atoms with Gasteiger partial charge >= 0.3 is 5.97 Å². The van der Waals surface area contributed by atoms with E-state index in [2.05, 4.69) is 14.9 Å². The number of aliphatic carboxylic acids is 1. The van der Waals surface area contributed by atoms with Gasteiger partial charge < -0.3 is 5.11 Å². The molecule has 16 heavy (non-hydrogen) atoms. The van der Waals surface area contributed by atoms with Gasteiger partial charge in [-0.25, -0.2) is 9.97 Å². The lowest BCUT2D eigenvalue weighted by atomic mass is 9.97. The van der Waals surface area contributed by atoms with Crippen molar-refractivity contribution in [3.05, 3.63) is 24.3 Å². The number of hydrogen-bond donors (Lipinski definition) is 1. The van der Waals surface area contributed by atoms with E-state index < -0.39 is 5.97 Å². The average molecular weight is 221 g/mol. The van der Waals surface area contributed by atoms with Gasteiger partial charge in [-0.05, 0) is 32.0 Å². The number of carbonyl (C=O) groups is 1. The fraction of sp³-hybridized carbons (Fsp3) is 0.545. The Hall–Kier alpha value is -1.49. The highest BCUT2D eigenvalue weighted by atomic mass is 16.4. The highest BCUT2D eigenvalue weighted by Crippen LogP contribution is 2.18. The topological polar surface area (TPSA) is 66.3 Å². The zero-order chi connectivity index (χ0) is 11.4. The molecule has 2 heterocycles. The van der Waals surface area contributed by atoms with Gasteiger partial charge in [-0.15, -0.1) is 0 Å². The minimum Gasteiger partial charge on any atom is -0.481 e. The van der Waals surface area contributed by atoms with Crippen molar-refractivity contribution in [2.45, 2.75) is 19.4 Å². The molecule has 2 rings (SSSR count). The number of carboxylic acids is 1. The molecule has 1 aliphatic rings. The molecule has 0 bridgehead atoms. The van der Waals surface area contributed by atoms with Crippen LogP contribution in [-0.4, -0.2) is 39.0 Å². The number of piperidine rings is 1. The van der Waals surface area contributed by atoms with Gasteiger partial charge in [0.05, 0.1) is 11.6 Å². The third-order valence-electron chi connectivity index (χ3n) is 2.97. The lowest BCUT2D eigenvalue weighted by Crippen LogP contribution is -2.36. The van der Waals surface area contributed by atoms with Crippen molar-refractivity contribution in [1.82, 2.24) is 14.9 Å². The SMILES string of the molecule is O=C(O)C1CCN(Cc2ccncn2)CC1. The molecule has 5 heteroatoms. The number of likely N-dealkylation sites (tertiary alicyclic amines) is 1. The maximum absolute atomic E-state index is 10.8. The molecule has 1 saturated heterocycles. The van der Waals surface area contributed by atoms with Crippen LogP contribution in [0.15, 0.2) is 18.6 Å². The molecular weight excluding hydrogens is 206 g/mol. The molecule has 1 N–H and O–H groups in total. The fourth-order valence-electron chi connectivity index (χ4n) is 1.98. The van der Waals surface area contributed by atoms with Crippen molar-refractivity contribution >= 4 is 5.97 Å².